The fourth-order valence-electron chi connectivity index (χ4n) is 4.01. The van der Waals surface area contributed by atoms with E-state index in [0.717, 1.165) is 42.3 Å². The van der Waals surface area contributed by atoms with Gasteiger partial charge in [0.25, 0.3) is 10.0 Å². The maximum atomic E-state index is 12.7. The zero-order valence-corrected chi connectivity index (χ0v) is 19.3. The first-order valence-corrected chi connectivity index (χ1v) is 12.9. The summed E-state index contributed by atoms with van der Waals surface area (Å²) in [5, 5.41) is 3.00. The third kappa shape index (κ3) is 5.38. The molecule has 0 saturated carbocycles. The minimum Gasteiger partial charge on any atom is -0.465 e. The van der Waals surface area contributed by atoms with Crippen LogP contribution in [0.15, 0.2) is 32.9 Å². The van der Waals surface area contributed by atoms with Gasteiger partial charge in [0.15, 0.2) is 0 Å². The molecule has 4 rings (SSSR count). The summed E-state index contributed by atoms with van der Waals surface area (Å²) >= 11 is 1.18. The molecule has 2 aromatic rings. The molecule has 0 radical (unpaired) electrons. The summed E-state index contributed by atoms with van der Waals surface area (Å²) in [5.41, 5.74) is 0. The third-order valence-electron chi connectivity index (χ3n) is 5.70. The maximum Gasteiger partial charge on any atom is 0.252 e. The molecule has 2 saturated heterocycles. The molecule has 1 N–H and O–H groups in total. The zero-order valence-electron chi connectivity index (χ0n) is 17.7. The van der Waals surface area contributed by atoms with E-state index in [2.05, 4.69) is 10.2 Å². The van der Waals surface area contributed by atoms with Gasteiger partial charge in [-0.15, -0.1) is 11.3 Å². The van der Waals surface area contributed by atoms with Gasteiger partial charge < -0.3 is 14.5 Å². The third-order valence-corrected chi connectivity index (χ3v) is 9.15. The minimum atomic E-state index is -3.44. The summed E-state index contributed by atoms with van der Waals surface area (Å²) < 4.78 is 38.5. The van der Waals surface area contributed by atoms with Gasteiger partial charge in [0.2, 0.25) is 5.91 Å². The lowest BCUT2D eigenvalue weighted by molar-refractivity contribution is -0.120. The second-order valence-electron chi connectivity index (χ2n) is 7.93. The molecular weight excluding hydrogens is 438 g/mol. The smallest absolute Gasteiger partial charge is 0.252 e. The molecule has 2 aliphatic heterocycles. The van der Waals surface area contributed by atoms with E-state index in [1.54, 1.807) is 12.1 Å². The van der Waals surface area contributed by atoms with Crippen LogP contribution in [-0.4, -0.2) is 69.5 Å². The molecule has 31 heavy (non-hydrogen) atoms. The van der Waals surface area contributed by atoms with E-state index in [0.29, 0.717) is 37.1 Å². The number of carbonyl (C=O) groups is 1. The van der Waals surface area contributed by atoms with E-state index in [1.165, 1.54) is 15.6 Å². The van der Waals surface area contributed by atoms with Crippen molar-refractivity contribution in [1.29, 1.82) is 0 Å². The molecule has 4 heterocycles. The Labute approximate surface area is 187 Å². The highest BCUT2D eigenvalue weighted by Crippen LogP contribution is 2.28. The molecule has 1 atom stereocenters. The van der Waals surface area contributed by atoms with Gasteiger partial charge in [0.05, 0.1) is 25.7 Å². The number of nitrogens with zero attached hydrogens (tertiary/aromatic N) is 2. The van der Waals surface area contributed by atoms with Gasteiger partial charge in [-0.05, 0) is 44.0 Å². The van der Waals surface area contributed by atoms with Crippen LogP contribution in [0.3, 0.4) is 0 Å². The van der Waals surface area contributed by atoms with Gasteiger partial charge in [-0.1, -0.05) is 0 Å². The molecule has 10 heteroatoms. The van der Waals surface area contributed by atoms with Crippen molar-refractivity contribution in [1.82, 2.24) is 14.5 Å². The van der Waals surface area contributed by atoms with Crippen molar-refractivity contribution in [3.63, 3.8) is 0 Å². The van der Waals surface area contributed by atoms with E-state index < -0.39 is 10.0 Å². The molecule has 2 aromatic heterocycles. The molecule has 1 unspecified atom stereocenters. The van der Waals surface area contributed by atoms with Crippen LogP contribution in [0.4, 0.5) is 0 Å². The summed E-state index contributed by atoms with van der Waals surface area (Å²) in [5.74, 6) is 1.54. The van der Waals surface area contributed by atoms with E-state index in [1.807, 2.05) is 19.1 Å². The van der Waals surface area contributed by atoms with Gasteiger partial charge in [0, 0.05) is 37.6 Å². The van der Waals surface area contributed by atoms with Gasteiger partial charge in [0.1, 0.15) is 15.7 Å². The second-order valence-corrected chi connectivity index (χ2v) is 11.3. The van der Waals surface area contributed by atoms with Crippen LogP contribution in [0.5, 0.6) is 0 Å². The largest absolute Gasteiger partial charge is 0.465 e. The lowest BCUT2D eigenvalue weighted by atomic mass is 10.1. The predicted molar refractivity (Wildman–Crippen MR) is 118 cm³/mol. The van der Waals surface area contributed by atoms with Crippen LogP contribution in [0, 0.1) is 6.92 Å². The fourth-order valence-corrected chi connectivity index (χ4v) is 7.04. The van der Waals surface area contributed by atoms with Gasteiger partial charge in [-0.3, -0.25) is 9.69 Å². The second kappa shape index (κ2) is 9.83. The number of nitrogens with one attached hydrogen (secondary N) is 1. The van der Waals surface area contributed by atoms with Crippen LogP contribution >= 0.6 is 11.3 Å². The van der Waals surface area contributed by atoms with Crippen LogP contribution in [0.1, 0.15) is 35.3 Å². The lowest BCUT2D eigenvalue weighted by Gasteiger charge is -2.33. The minimum absolute atomic E-state index is 0.0593. The molecule has 0 bridgehead atoms. The van der Waals surface area contributed by atoms with Crippen molar-refractivity contribution >= 4 is 27.3 Å². The monoisotopic (exact) mass is 467 g/mol. The summed E-state index contributed by atoms with van der Waals surface area (Å²) in [4.78, 5) is 15.6. The normalized spacial score (nSPS) is 19.5. The quantitative estimate of drug-likeness (QED) is 0.640. The Hall–Kier alpha value is -1.72. The first-order chi connectivity index (χ1) is 14.9. The zero-order chi connectivity index (χ0) is 21.8. The number of sulfonamides is 1. The van der Waals surface area contributed by atoms with Crippen LogP contribution in [-0.2, 0) is 26.0 Å². The van der Waals surface area contributed by atoms with Crippen LogP contribution < -0.4 is 5.32 Å². The molecule has 8 nitrogen and oxygen atoms in total. The number of rotatable bonds is 8. The summed E-state index contributed by atoms with van der Waals surface area (Å²) in [6.45, 7) is 6.36. The van der Waals surface area contributed by atoms with E-state index in [-0.39, 0.29) is 18.4 Å². The Morgan fingerprint density at radius 2 is 1.87 bits per heavy atom. The Morgan fingerprint density at radius 1 is 1.13 bits per heavy atom. The highest BCUT2D eigenvalue weighted by Gasteiger charge is 2.29. The summed E-state index contributed by atoms with van der Waals surface area (Å²) in [7, 11) is -3.44. The summed E-state index contributed by atoms with van der Waals surface area (Å²) in [6, 6.07) is 7.18. The Kier molecular flexibility index (Phi) is 7.12. The van der Waals surface area contributed by atoms with Crippen molar-refractivity contribution in [2.75, 3.05) is 45.9 Å². The molecule has 2 aliphatic rings. The number of ether oxygens (including phenoxy) is 1. The average molecular weight is 468 g/mol. The van der Waals surface area contributed by atoms with Crippen LogP contribution in [0.2, 0.25) is 0 Å². The van der Waals surface area contributed by atoms with Crippen molar-refractivity contribution in [3.05, 3.63) is 40.7 Å². The topological polar surface area (TPSA) is 92.1 Å². The molecule has 0 spiro atoms. The first-order valence-electron chi connectivity index (χ1n) is 10.7. The van der Waals surface area contributed by atoms with Gasteiger partial charge in [-0.25, -0.2) is 8.42 Å². The van der Waals surface area contributed by atoms with E-state index in [9.17, 15) is 13.2 Å². The molecule has 0 aromatic carbocycles. The summed E-state index contributed by atoms with van der Waals surface area (Å²) in [6.07, 6.45) is 1.96. The number of thiophene rings is 1. The predicted octanol–water partition coefficient (Wildman–Crippen LogP) is 2.17. The number of amides is 1. The Bertz CT molecular complexity index is 988. The number of aryl methyl sites for hydroxylation is 1. The Morgan fingerprint density at radius 3 is 2.55 bits per heavy atom. The molecule has 170 valence electrons. The van der Waals surface area contributed by atoms with Crippen LogP contribution in [0.25, 0.3) is 0 Å². The van der Waals surface area contributed by atoms with Gasteiger partial charge >= 0.3 is 0 Å². The SMILES string of the molecule is Cc1ccc(C(CNC(=O)Cc2ccc(S(=O)(=O)N3CCCC3)s2)N2CCOCC2)o1. The number of furan rings is 1. The van der Waals surface area contributed by atoms with E-state index in [4.69, 9.17) is 9.15 Å². The highest BCUT2D eigenvalue weighted by molar-refractivity contribution is 7.91. The van der Waals surface area contributed by atoms with Crippen molar-refractivity contribution in [2.24, 2.45) is 0 Å². The number of hydrogen-bond acceptors (Lipinski definition) is 7. The molecular formula is C21H29N3O5S2. The highest BCUT2D eigenvalue weighted by atomic mass is 32.2. The molecule has 0 aliphatic carbocycles. The molecule has 2 fully saturated rings. The lowest BCUT2D eigenvalue weighted by Crippen LogP contribution is -2.43. The number of hydrogen-bond donors (Lipinski definition) is 1. The Balaban J connectivity index is 1.37. The van der Waals surface area contributed by atoms with E-state index >= 15 is 0 Å². The van der Waals surface area contributed by atoms with Crippen molar-refractivity contribution in [3.8, 4) is 0 Å². The van der Waals surface area contributed by atoms with Crippen molar-refractivity contribution in [2.45, 2.75) is 36.4 Å². The van der Waals surface area contributed by atoms with Gasteiger partial charge in [-0.2, -0.15) is 4.31 Å². The fraction of sp³-hybridized carbons (Fsp3) is 0.571. The standard InChI is InChI=1S/C21H29N3O5S2/c1-16-4-6-19(29-16)18(23-10-12-28-13-11-23)15-22-20(25)14-17-5-7-21(30-17)31(26,27)24-8-2-3-9-24/h4-7,18H,2-3,8-15H2,1H3,(H,22,25). The van der Waals surface area contributed by atoms with Crippen molar-refractivity contribution < 1.29 is 22.4 Å². The average Bonchev–Trinajstić information content (AvgIpc) is 3.51. The maximum absolute atomic E-state index is 12.7. The molecule has 1 amide bonds. The number of carbonyl (C=O) groups excluding carboxylic acids is 1. The number of morpholine rings is 1. The first kappa shape index (κ1) is 22.5.